The molecule has 11 heteroatoms. The molecule has 1 N–H and O–H groups in total. The van der Waals surface area contributed by atoms with Gasteiger partial charge in [-0.25, -0.2) is 4.68 Å². The molecule has 0 saturated carbocycles. The summed E-state index contributed by atoms with van der Waals surface area (Å²) >= 11 is 0. The molecule has 0 atom stereocenters. The smallest absolute Gasteiger partial charge is 0.342 e. The minimum atomic E-state index is -4.51. The molecule has 1 amide bonds. The number of alkyl halides is 3. The summed E-state index contributed by atoms with van der Waals surface area (Å²) in [6, 6.07) is 4.63. The molecule has 0 radical (unpaired) electrons. The Labute approximate surface area is 187 Å². The lowest BCUT2D eigenvalue weighted by molar-refractivity contribution is -0.137. The first-order valence-corrected chi connectivity index (χ1v) is 10.6. The van der Waals surface area contributed by atoms with E-state index in [1.807, 2.05) is 4.57 Å². The van der Waals surface area contributed by atoms with E-state index in [9.17, 15) is 22.8 Å². The molecular formula is C22H23F3N6O2. The van der Waals surface area contributed by atoms with Crippen LogP contribution in [0.2, 0.25) is 0 Å². The highest BCUT2D eigenvalue weighted by Gasteiger charge is 2.31. The largest absolute Gasteiger partial charge is 0.416 e. The second kappa shape index (κ2) is 8.80. The van der Waals surface area contributed by atoms with Crippen molar-refractivity contribution in [3.05, 3.63) is 58.4 Å². The SMILES string of the molecule is Cc1nn(-c2cccc(C(F)(F)F)c2)c(C)c1C(=O)C(=O)NCc1nnc2n1CCCCC2. The summed E-state index contributed by atoms with van der Waals surface area (Å²) in [7, 11) is 0. The first-order valence-electron chi connectivity index (χ1n) is 10.6. The van der Waals surface area contributed by atoms with Crippen LogP contribution in [0, 0.1) is 13.8 Å². The molecule has 0 fully saturated rings. The number of hydrogen-bond donors (Lipinski definition) is 1. The standard InChI is InChI=1S/C22H23F3N6O2/c1-13-19(14(2)31(29-13)16-8-6-7-15(11-16)22(23,24)25)20(32)21(33)26-12-18-28-27-17-9-4-3-5-10-30(17)18/h6-8,11H,3-5,9-10,12H2,1-2H3,(H,26,33). The Bertz CT molecular complexity index is 1210. The highest BCUT2D eigenvalue weighted by Crippen LogP contribution is 2.31. The van der Waals surface area contributed by atoms with Gasteiger partial charge in [-0.1, -0.05) is 12.5 Å². The lowest BCUT2D eigenvalue weighted by Crippen LogP contribution is -2.32. The van der Waals surface area contributed by atoms with Crippen LogP contribution in [0.3, 0.4) is 0 Å². The van der Waals surface area contributed by atoms with Crippen LogP contribution >= 0.6 is 0 Å². The summed E-state index contributed by atoms with van der Waals surface area (Å²) < 4.78 is 42.5. The van der Waals surface area contributed by atoms with Crippen LogP contribution in [-0.2, 0) is 30.5 Å². The van der Waals surface area contributed by atoms with Crippen LogP contribution in [0.1, 0.15) is 58.2 Å². The molecule has 3 heterocycles. The Morgan fingerprint density at radius 1 is 1.12 bits per heavy atom. The molecule has 3 aromatic rings. The summed E-state index contributed by atoms with van der Waals surface area (Å²) in [4.78, 5) is 25.5. The number of nitrogens with zero attached hydrogens (tertiary/aromatic N) is 5. The molecule has 0 spiro atoms. The van der Waals surface area contributed by atoms with Crippen molar-refractivity contribution in [2.45, 2.75) is 58.8 Å². The zero-order chi connectivity index (χ0) is 23.8. The van der Waals surface area contributed by atoms with Gasteiger partial charge in [-0.05, 0) is 44.9 Å². The fraction of sp³-hybridized carbons (Fsp3) is 0.409. The third kappa shape index (κ3) is 4.53. The van der Waals surface area contributed by atoms with Crippen molar-refractivity contribution in [3.8, 4) is 5.69 Å². The number of benzene rings is 1. The fourth-order valence-electron chi connectivity index (χ4n) is 4.07. The second-order valence-corrected chi connectivity index (χ2v) is 8.01. The number of carbonyl (C=O) groups excluding carboxylic acids is 2. The van der Waals surface area contributed by atoms with E-state index in [1.54, 1.807) is 6.92 Å². The number of nitrogens with one attached hydrogen (secondary N) is 1. The third-order valence-corrected chi connectivity index (χ3v) is 5.74. The second-order valence-electron chi connectivity index (χ2n) is 8.01. The lowest BCUT2D eigenvalue weighted by Gasteiger charge is -2.10. The lowest BCUT2D eigenvalue weighted by atomic mass is 10.1. The molecule has 1 aliphatic rings. The Balaban J connectivity index is 1.53. The number of fused-ring (bicyclic) bond motifs is 1. The van der Waals surface area contributed by atoms with E-state index in [0.29, 0.717) is 5.82 Å². The van der Waals surface area contributed by atoms with Gasteiger partial charge in [0.1, 0.15) is 5.82 Å². The van der Waals surface area contributed by atoms with Crippen molar-refractivity contribution in [1.82, 2.24) is 29.9 Å². The number of Topliss-reactive ketones (excluding diaryl/α,β-unsaturated/α-hetero) is 1. The van der Waals surface area contributed by atoms with E-state index in [1.165, 1.54) is 23.7 Å². The Morgan fingerprint density at radius 2 is 1.91 bits per heavy atom. The van der Waals surface area contributed by atoms with Crippen LogP contribution in [0.4, 0.5) is 13.2 Å². The van der Waals surface area contributed by atoms with Gasteiger partial charge in [-0.3, -0.25) is 9.59 Å². The first kappa shape index (κ1) is 22.7. The van der Waals surface area contributed by atoms with Crippen LogP contribution in [0.25, 0.3) is 5.69 Å². The van der Waals surface area contributed by atoms with Gasteiger partial charge in [0.15, 0.2) is 5.82 Å². The molecule has 0 bridgehead atoms. The highest BCUT2D eigenvalue weighted by molar-refractivity contribution is 6.43. The summed E-state index contributed by atoms with van der Waals surface area (Å²) in [5, 5.41) is 15.1. The van der Waals surface area contributed by atoms with E-state index < -0.39 is 23.4 Å². The maximum absolute atomic E-state index is 13.1. The van der Waals surface area contributed by atoms with Crippen molar-refractivity contribution >= 4 is 11.7 Å². The molecule has 1 aromatic carbocycles. The Morgan fingerprint density at radius 3 is 2.67 bits per heavy atom. The molecule has 0 unspecified atom stereocenters. The molecular weight excluding hydrogens is 437 g/mol. The number of hydrogen-bond acceptors (Lipinski definition) is 5. The van der Waals surface area contributed by atoms with Crippen molar-refractivity contribution in [2.24, 2.45) is 0 Å². The van der Waals surface area contributed by atoms with Crippen molar-refractivity contribution in [2.75, 3.05) is 0 Å². The number of aromatic nitrogens is 5. The summed E-state index contributed by atoms with van der Waals surface area (Å²) in [5.41, 5.74) is -0.0867. The van der Waals surface area contributed by atoms with Gasteiger partial charge < -0.3 is 9.88 Å². The predicted molar refractivity (Wildman–Crippen MR) is 112 cm³/mol. The van der Waals surface area contributed by atoms with Crippen LogP contribution in [0.15, 0.2) is 24.3 Å². The maximum Gasteiger partial charge on any atom is 0.416 e. The van der Waals surface area contributed by atoms with Crippen molar-refractivity contribution < 1.29 is 22.8 Å². The van der Waals surface area contributed by atoms with Crippen LogP contribution < -0.4 is 5.32 Å². The summed E-state index contributed by atoms with van der Waals surface area (Å²) in [6.45, 7) is 3.90. The van der Waals surface area contributed by atoms with Gasteiger partial charge in [0.05, 0.1) is 34.7 Å². The molecule has 2 aromatic heterocycles. The quantitative estimate of drug-likeness (QED) is 0.466. The molecule has 1 aliphatic heterocycles. The minimum Gasteiger partial charge on any atom is -0.342 e. The normalized spacial score (nSPS) is 14.0. The summed E-state index contributed by atoms with van der Waals surface area (Å²) in [6.07, 6.45) is -0.547. The van der Waals surface area contributed by atoms with Gasteiger partial charge in [0.25, 0.3) is 11.7 Å². The minimum absolute atomic E-state index is 0.0530. The molecule has 4 rings (SSSR count). The van der Waals surface area contributed by atoms with Crippen LogP contribution in [0.5, 0.6) is 0 Å². The Hall–Kier alpha value is -3.50. The van der Waals surface area contributed by atoms with Gasteiger partial charge in [0, 0.05) is 13.0 Å². The Kier molecular flexibility index (Phi) is 6.05. The number of ketones is 1. The van der Waals surface area contributed by atoms with E-state index in [0.717, 1.165) is 50.2 Å². The molecule has 0 saturated heterocycles. The summed E-state index contributed by atoms with van der Waals surface area (Å²) in [5.74, 6) is -0.187. The monoisotopic (exact) mass is 460 g/mol. The number of rotatable bonds is 5. The highest BCUT2D eigenvalue weighted by atomic mass is 19.4. The van der Waals surface area contributed by atoms with Gasteiger partial charge in [-0.15, -0.1) is 10.2 Å². The number of halogens is 3. The number of carbonyl (C=O) groups is 2. The molecule has 33 heavy (non-hydrogen) atoms. The van der Waals surface area contributed by atoms with E-state index in [-0.39, 0.29) is 29.2 Å². The third-order valence-electron chi connectivity index (χ3n) is 5.74. The average Bonchev–Trinajstić information content (AvgIpc) is 3.19. The van der Waals surface area contributed by atoms with E-state index in [2.05, 4.69) is 20.6 Å². The van der Waals surface area contributed by atoms with Gasteiger partial charge in [0.2, 0.25) is 0 Å². The maximum atomic E-state index is 13.1. The number of amides is 1. The topological polar surface area (TPSA) is 94.7 Å². The first-order chi connectivity index (χ1) is 15.7. The predicted octanol–water partition coefficient (Wildman–Crippen LogP) is 3.32. The molecule has 0 aliphatic carbocycles. The van der Waals surface area contributed by atoms with E-state index in [4.69, 9.17) is 0 Å². The number of aryl methyl sites for hydroxylation is 2. The zero-order valence-corrected chi connectivity index (χ0v) is 18.2. The fourth-order valence-corrected chi connectivity index (χ4v) is 4.07. The van der Waals surface area contributed by atoms with Crippen molar-refractivity contribution in [1.29, 1.82) is 0 Å². The average molecular weight is 460 g/mol. The van der Waals surface area contributed by atoms with Crippen LogP contribution in [-0.4, -0.2) is 36.2 Å². The van der Waals surface area contributed by atoms with E-state index >= 15 is 0 Å². The van der Waals surface area contributed by atoms with Crippen molar-refractivity contribution in [3.63, 3.8) is 0 Å². The molecule has 8 nitrogen and oxygen atoms in total. The van der Waals surface area contributed by atoms with Gasteiger partial charge >= 0.3 is 6.18 Å². The zero-order valence-electron chi connectivity index (χ0n) is 18.2. The van der Waals surface area contributed by atoms with Gasteiger partial charge in [-0.2, -0.15) is 18.3 Å². The molecule has 174 valence electrons.